The molecule has 0 aromatic heterocycles. The van der Waals surface area contributed by atoms with E-state index in [1.165, 1.54) is 148 Å². The van der Waals surface area contributed by atoms with E-state index in [1.54, 1.807) is 0 Å². The molecule has 0 fully saturated rings. The molecule has 0 atom stereocenters. The molecule has 27 heavy (non-hydrogen) atoms. The largest absolute Gasteiger partial charge is 0.0654 e. The van der Waals surface area contributed by atoms with Crippen molar-refractivity contribution in [3.8, 4) is 0 Å². The van der Waals surface area contributed by atoms with Crippen molar-refractivity contribution in [2.75, 3.05) is 0 Å². The Balaban J connectivity index is 3.03. The SMILES string of the molecule is CCCCCCCCCCCCCCCCCCCCCCC(CC)CC. The standard InChI is InChI=1S/C27H56/c1-4-7-8-9-10-11-12-13-14-15-16-17-18-19-20-21-22-23-24-25-26-27(5-2)6-3/h27H,4-26H2,1-3H3. The Morgan fingerprint density at radius 2 is 0.593 bits per heavy atom. The molecule has 164 valence electrons. The molecule has 0 aromatic carbocycles. The van der Waals surface area contributed by atoms with Crippen LogP contribution >= 0.6 is 0 Å². The van der Waals surface area contributed by atoms with Gasteiger partial charge in [0.1, 0.15) is 0 Å². The van der Waals surface area contributed by atoms with E-state index < -0.39 is 0 Å². The second-order valence-electron chi connectivity index (χ2n) is 9.19. The van der Waals surface area contributed by atoms with Crippen LogP contribution in [0.5, 0.6) is 0 Å². The van der Waals surface area contributed by atoms with Crippen LogP contribution in [0, 0.1) is 5.92 Å². The van der Waals surface area contributed by atoms with E-state index in [9.17, 15) is 0 Å². The first-order valence-electron chi connectivity index (χ1n) is 13.3. The van der Waals surface area contributed by atoms with Crippen LogP contribution in [-0.4, -0.2) is 0 Å². The predicted molar refractivity (Wildman–Crippen MR) is 127 cm³/mol. The molecule has 0 radical (unpaired) electrons. The van der Waals surface area contributed by atoms with Gasteiger partial charge < -0.3 is 0 Å². The number of unbranched alkanes of at least 4 members (excludes halogenated alkanes) is 19. The van der Waals surface area contributed by atoms with E-state index in [0.29, 0.717) is 0 Å². The zero-order valence-corrected chi connectivity index (χ0v) is 19.8. The lowest BCUT2D eigenvalue weighted by Crippen LogP contribution is -1.96. The maximum atomic E-state index is 2.35. The molecular formula is C27H56. The normalized spacial score (nSPS) is 11.6. The topological polar surface area (TPSA) is 0 Å². The van der Waals surface area contributed by atoms with Gasteiger partial charge in [-0.15, -0.1) is 0 Å². The summed E-state index contributed by atoms with van der Waals surface area (Å²) in [6.45, 7) is 7.01. The quantitative estimate of drug-likeness (QED) is 0.155. The Bertz CT molecular complexity index is 240. The third kappa shape index (κ3) is 22.2. The average Bonchev–Trinajstić information content (AvgIpc) is 2.69. The molecule has 0 spiro atoms. The lowest BCUT2D eigenvalue weighted by molar-refractivity contribution is 0.426. The van der Waals surface area contributed by atoms with Crippen LogP contribution in [0.2, 0.25) is 0 Å². The molecule has 0 saturated carbocycles. The van der Waals surface area contributed by atoms with Crippen LogP contribution in [0.1, 0.15) is 168 Å². The molecule has 0 heteroatoms. The molecule has 0 aliphatic carbocycles. The highest BCUT2D eigenvalue weighted by Crippen LogP contribution is 2.18. The highest BCUT2D eigenvalue weighted by molar-refractivity contribution is 4.56. The van der Waals surface area contributed by atoms with E-state index >= 15 is 0 Å². The van der Waals surface area contributed by atoms with Crippen LogP contribution < -0.4 is 0 Å². The number of hydrogen-bond donors (Lipinski definition) is 0. The minimum absolute atomic E-state index is 1.00. The number of hydrogen-bond acceptors (Lipinski definition) is 0. The van der Waals surface area contributed by atoms with E-state index in [-0.39, 0.29) is 0 Å². The summed E-state index contributed by atoms with van der Waals surface area (Å²) in [5, 5.41) is 0. The molecule has 0 heterocycles. The fourth-order valence-corrected chi connectivity index (χ4v) is 4.39. The second kappa shape index (κ2) is 24.0. The van der Waals surface area contributed by atoms with Crippen molar-refractivity contribution >= 4 is 0 Å². The van der Waals surface area contributed by atoms with Gasteiger partial charge in [0.2, 0.25) is 0 Å². The summed E-state index contributed by atoms with van der Waals surface area (Å²) in [5.41, 5.74) is 0. The lowest BCUT2D eigenvalue weighted by atomic mass is 9.95. The average molecular weight is 381 g/mol. The number of rotatable bonds is 23. The summed E-state index contributed by atoms with van der Waals surface area (Å²) < 4.78 is 0. The van der Waals surface area contributed by atoms with E-state index in [2.05, 4.69) is 20.8 Å². The highest BCUT2D eigenvalue weighted by atomic mass is 14.1. The Hall–Kier alpha value is 0. The van der Waals surface area contributed by atoms with Crippen LogP contribution in [0.4, 0.5) is 0 Å². The Morgan fingerprint density at radius 3 is 0.852 bits per heavy atom. The van der Waals surface area contributed by atoms with Crippen molar-refractivity contribution in [3.05, 3.63) is 0 Å². The van der Waals surface area contributed by atoms with E-state index in [1.807, 2.05) is 0 Å². The summed E-state index contributed by atoms with van der Waals surface area (Å²) in [4.78, 5) is 0. The van der Waals surface area contributed by atoms with Gasteiger partial charge in [-0.3, -0.25) is 0 Å². The second-order valence-corrected chi connectivity index (χ2v) is 9.19. The van der Waals surface area contributed by atoms with E-state index in [0.717, 1.165) is 5.92 Å². The fourth-order valence-electron chi connectivity index (χ4n) is 4.39. The van der Waals surface area contributed by atoms with E-state index in [4.69, 9.17) is 0 Å². The summed E-state index contributed by atoms with van der Waals surface area (Å²) in [6, 6.07) is 0. The molecule has 0 aliphatic heterocycles. The van der Waals surface area contributed by atoms with Crippen LogP contribution in [0.25, 0.3) is 0 Å². The molecule has 0 nitrogen and oxygen atoms in total. The van der Waals surface area contributed by atoms with Crippen LogP contribution in [0.15, 0.2) is 0 Å². The van der Waals surface area contributed by atoms with Crippen molar-refractivity contribution in [1.29, 1.82) is 0 Å². The maximum Gasteiger partial charge on any atom is -0.0420 e. The zero-order chi connectivity index (χ0) is 19.8. The van der Waals surface area contributed by atoms with Gasteiger partial charge in [0.05, 0.1) is 0 Å². The van der Waals surface area contributed by atoms with Gasteiger partial charge in [-0.2, -0.15) is 0 Å². The highest BCUT2D eigenvalue weighted by Gasteiger charge is 2.02. The van der Waals surface area contributed by atoms with Crippen molar-refractivity contribution in [2.45, 2.75) is 168 Å². The summed E-state index contributed by atoms with van der Waals surface area (Å²) in [5.74, 6) is 1.00. The molecule has 0 bridgehead atoms. The smallest absolute Gasteiger partial charge is 0.0420 e. The van der Waals surface area contributed by atoms with Crippen molar-refractivity contribution in [2.24, 2.45) is 5.92 Å². The minimum Gasteiger partial charge on any atom is -0.0654 e. The van der Waals surface area contributed by atoms with Gasteiger partial charge in [-0.1, -0.05) is 168 Å². The molecule has 0 aliphatic rings. The Morgan fingerprint density at radius 1 is 0.333 bits per heavy atom. The Labute approximate surface area is 174 Å². The van der Waals surface area contributed by atoms with Crippen molar-refractivity contribution in [1.82, 2.24) is 0 Å². The third-order valence-corrected chi connectivity index (χ3v) is 6.62. The van der Waals surface area contributed by atoms with Gasteiger partial charge in [-0.25, -0.2) is 0 Å². The maximum absolute atomic E-state index is 2.35. The van der Waals surface area contributed by atoms with Crippen molar-refractivity contribution < 1.29 is 0 Å². The summed E-state index contributed by atoms with van der Waals surface area (Å²) in [6.07, 6.45) is 33.8. The van der Waals surface area contributed by atoms with Gasteiger partial charge >= 0.3 is 0 Å². The molecular weight excluding hydrogens is 324 g/mol. The molecule has 0 saturated heterocycles. The first-order chi connectivity index (χ1) is 13.3. The molecule has 0 amide bonds. The van der Waals surface area contributed by atoms with Crippen LogP contribution in [-0.2, 0) is 0 Å². The van der Waals surface area contributed by atoms with Gasteiger partial charge in [0, 0.05) is 0 Å². The summed E-state index contributed by atoms with van der Waals surface area (Å²) >= 11 is 0. The monoisotopic (exact) mass is 380 g/mol. The molecule has 0 rings (SSSR count). The molecule has 0 N–H and O–H groups in total. The Kier molecular flexibility index (Phi) is 24.0. The molecule has 0 unspecified atom stereocenters. The fraction of sp³-hybridized carbons (Fsp3) is 1.00. The summed E-state index contributed by atoms with van der Waals surface area (Å²) in [7, 11) is 0. The van der Waals surface area contributed by atoms with Crippen LogP contribution in [0.3, 0.4) is 0 Å². The van der Waals surface area contributed by atoms with Crippen molar-refractivity contribution in [3.63, 3.8) is 0 Å². The first kappa shape index (κ1) is 27.0. The lowest BCUT2D eigenvalue weighted by Gasteiger charge is -2.11. The molecule has 0 aromatic rings. The minimum atomic E-state index is 1.00. The van der Waals surface area contributed by atoms with Gasteiger partial charge in [0.15, 0.2) is 0 Å². The first-order valence-corrected chi connectivity index (χ1v) is 13.3. The third-order valence-electron chi connectivity index (χ3n) is 6.62. The zero-order valence-electron chi connectivity index (χ0n) is 19.8. The van der Waals surface area contributed by atoms with Gasteiger partial charge in [0.25, 0.3) is 0 Å². The van der Waals surface area contributed by atoms with Gasteiger partial charge in [-0.05, 0) is 5.92 Å². The predicted octanol–water partition coefficient (Wildman–Crippen LogP) is 10.6.